The van der Waals surface area contributed by atoms with E-state index in [2.05, 4.69) is 14.9 Å². The molecule has 0 unspecified atom stereocenters. The van der Waals surface area contributed by atoms with Crippen LogP contribution < -0.4 is 9.46 Å². The Hall–Kier alpha value is -2.41. The molecule has 0 saturated carbocycles. The Morgan fingerprint density at radius 3 is 2.31 bits per heavy atom. The molecule has 1 N–H and O–H groups in total. The first-order chi connectivity index (χ1) is 13.2. The molecule has 0 fully saturated rings. The fourth-order valence-electron chi connectivity index (χ4n) is 2.12. The zero-order chi connectivity index (χ0) is 20.4. The molecule has 0 saturated heterocycles. The summed E-state index contributed by atoms with van der Waals surface area (Å²) in [7, 11) is -4.72. The van der Waals surface area contributed by atoms with E-state index in [4.69, 9.17) is 4.52 Å². The van der Waals surface area contributed by atoms with Crippen LogP contribution in [0.4, 0.5) is 13.2 Å². The number of hydrogen-bond acceptors (Lipinski definition) is 7. The fourth-order valence-corrected chi connectivity index (χ4v) is 3.20. The molecule has 1 heterocycles. The summed E-state index contributed by atoms with van der Waals surface area (Å²) < 4.78 is 72.0. The maximum absolute atomic E-state index is 12.5. The van der Waals surface area contributed by atoms with Gasteiger partial charge in [-0.05, 0) is 12.1 Å². The summed E-state index contributed by atoms with van der Waals surface area (Å²) in [5.41, 5.74) is 0.511. The molecule has 1 radical (unpaired) electrons. The van der Waals surface area contributed by atoms with Crippen LogP contribution in [0.3, 0.4) is 0 Å². The molecule has 8 nitrogen and oxygen atoms in total. The molecule has 1 aromatic heterocycles. The van der Waals surface area contributed by atoms with Crippen LogP contribution in [0.15, 0.2) is 64.0 Å². The summed E-state index contributed by atoms with van der Waals surface area (Å²) >= 11 is 0. The van der Waals surface area contributed by atoms with Gasteiger partial charge in [0, 0.05) is 35.1 Å². The van der Waals surface area contributed by atoms with Crippen molar-refractivity contribution in [3.05, 3.63) is 60.5 Å². The number of nitrogens with zero attached hydrogens (tertiary/aromatic N) is 2. The van der Waals surface area contributed by atoms with E-state index in [-0.39, 0.29) is 35.4 Å². The van der Waals surface area contributed by atoms with Crippen molar-refractivity contribution in [1.29, 1.82) is 0 Å². The first kappa shape index (κ1) is 22.9. The molecule has 0 atom stereocenters. The van der Waals surface area contributed by atoms with Crippen molar-refractivity contribution >= 4 is 45.5 Å². The van der Waals surface area contributed by atoms with Gasteiger partial charge in [-0.3, -0.25) is 4.79 Å². The monoisotopic (exact) mass is 436 g/mol. The number of rotatable bonds is 5. The molecule has 29 heavy (non-hydrogen) atoms. The van der Waals surface area contributed by atoms with Crippen LogP contribution in [0.5, 0.6) is 5.75 Å². The molecule has 0 aliphatic carbocycles. The molecule has 1 amide bonds. The van der Waals surface area contributed by atoms with Gasteiger partial charge in [-0.25, -0.2) is 13.1 Å². The van der Waals surface area contributed by atoms with Crippen molar-refractivity contribution in [2.24, 2.45) is 0 Å². The smallest absolute Gasteiger partial charge is 0.404 e. The number of nitrogens with one attached hydrogen (secondary N) is 1. The number of carbonyl (C=O) groups excluding carboxylic acids is 1. The normalized spacial score (nSPS) is 11.4. The maximum atomic E-state index is 12.5. The minimum Gasteiger partial charge on any atom is -0.404 e. The number of ether oxygens (including phenoxy) is 1. The zero-order valence-corrected chi connectivity index (χ0v) is 17.5. The predicted octanol–water partition coefficient (Wildman–Crippen LogP) is 2.37. The second kappa shape index (κ2) is 8.95. The summed E-state index contributed by atoms with van der Waals surface area (Å²) in [6.45, 7) is 0. The van der Waals surface area contributed by atoms with Gasteiger partial charge in [0.15, 0.2) is 0 Å². The minimum absolute atomic E-state index is 0. The van der Waals surface area contributed by atoms with E-state index in [1.165, 1.54) is 6.07 Å². The molecule has 0 bridgehead atoms. The van der Waals surface area contributed by atoms with Crippen molar-refractivity contribution < 1.29 is 35.6 Å². The molecule has 13 heteroatoms. The Kier molecular flexibility index (Phi) is 7.06. The molecule has 3 aromatic rings. The van der Waals surface area contributed by atoms with E-state index in [9.17, 15) is 26.4 Å². The molecule has 0 aliphatic heterocycles. The molecule has 147 valence electrons. The maximum Gasteiger partial charge on any atom is 0.573 e. The molecule has 3 rings (SSSR count). The van der Waals surface area contributed by atoms with Gasteiger partial charge in [0.05, 0.1) is 0 Å². The van der Waals surface area contributed by atoms with Crippen LogP contribution in [0, 0.1) is 0 Å². The predicted molar refractivity (Wildman–Crippen MR) is 93.3 cm³/mol. The van der Waals surface area contributed by atoms with Gasteiger partial charge in [0.2, 0.25) is 5.82 Å². The number of para-hydroxylation sites is 1. The molecule has 2 aromatic carbocycles. The van der Waals surface area contributed by atoms with E-state index in [0.717, 1.165) is 18.2 Å². The second-order valence-electron chi connectivity index (χ2n) is 5.22. The molecular formula is C16H10F3N3NaO5S. The van der Waals surface area contributed by atoms with E-state index in [0.29, 0.717) is 5.56 Å². The van der Waals surface area contributed by atoms with Crippen molar-refractivity contribution in [2.45, 2.75) is 11.3 Å². The number of halogens is 3. The number of aromatic nitrogens is 2. The van der Waals surface area contributed by atoms with Crippen LogP contribution >= 0.6 is 0 Å². The first-order valence-corrected chi connectivity index (χ1v) is 8.95. The summed E-state index contributed by atoms with van der Waals surface area (Å²) in [5.74, 6) is -2.96. The topological polar surface area (TPSA) is 111 Å². The van der Waals surface area contributed by atoms with E-state index >= 15 is 0 Å². The third-order valence-electron chi connectivity index (χ3n) is 3.24. The molecule has 0 spiro atoms. The average Bonchev–Trinajstić information content (AvgIpc) is 3.11. The van der Waals surface area contributed by atoms with Gasteiger partial charge in [-0.15, -0.1) is 13.2 Å². The summed E-state index contributed by atoms with van der Waals surface area (Å²) in [6, 6.07) is 12.3. The third-order valence-corrected chi connectivity index (χ3v) is 4.61. The van der Waals surface area contributed by atoms with Gasteiger partial charge < -0.3 is 9.26 Å². The number of carbonyl (C=O) groups is 1. The fraction of sp³-hybridized carbons (Fsp3) is 0.0625. The SMILES string of the molecule is O=C(NS(=O)(=O)c1ccccc1OC(F)(F)F)c1nc(-c2ccccc2)no1.[Na]. The Labute approximate surface area is 184 Å². The number of alkyl halides is 3. The van der Waals surface area contributed by atoms with Crippen molar-refractivity contribution in [1.82, 2.24) is 14.9 Å². The standard InChI is InChI=1S/C16H10F3N3O5S.Na/c17-16(18,19)26-11-8-4-5-9-12(11)28(24,25)22-14(23)15-20-13(21-27-15)10-6-2-1-3-7-10;/h1-9H,(H,22,23);. The van der Waals surface area contributed by atoms with Crippen LogP contribution in [0.1, 0.15) is 10.7 Å². The van der Waals surface area contributed by atoms with Crippen molar-refractivity contribution in [3.8, 4) is 17.1 Å². The largest absolute Gasteiger partial charge is 0.573 e. The van der Waals surface area contributed by atoms with Gasteiger partial charge in [0.1, 0.15) is 10.6 Å². The van der Waals surface area contributed by atoms with E-state index in [1.807, 2.05) is 0 Å². The number of hydrogen-bond donors (Lipinski definition) is 1. The zero-order valence-electron chi connectivity index (χ0n) is 14.7. The van der Waals surface area contributed by atoms with Gasteiger partial charge in [0.25, 0.3) is 10.0 Å². The summed E-state index contributed by atoms with van der Waals surface area (Å²) in [5, 5.41) is 3.56. The van der Waals surface area contributed by atoms with Crippen LogP contribution in [0.25, 0.3) is 11.4 Å². The minimum atomic E-state index is -5.12. The quantitative estimate of drug-likeness (QED) is 0.612. The third kappa shape index (κ3) is 5.79. The Morgan fingerprint density at radius 2 is 1.66 bits per heavy atom. The van der Waals surface area contributed by atoms with Crippen molar-refractivity contribution in [3.63, 3.8) is 0 Å². The van der Waals surface area contributed by atoms with Gasteiger partial charge >= 0.3 is 18.2 Å². The summed E-state index contributed by atoms with van der Waals surface area (Å²) in [6.07, 6.45) is -5.12. The van der Waals surface area contributed by atoms with Crippen LogP contribution in [-0.4, -0.2) is 60.4 Å². The van der Waals surface area contributed by atoms with Gasteiger partial charge in [-0.2, -0.15) is 4.98 Å². The Bertz CT molecular complexity index is 1100. The Morgan fingerprint density at radius 1 is 1.03 bits per heavy atom. The average molecular weight is 436 g/mol. The molecular weight excluding hydrogens is 426 g/mol. The van der Waals surface area contributed by atoms with Gasteiger partial charge in [-0.1, -0.05) is 47.6 Å². The van der Waals surface area contributed by atoms with Crippen LogP contribution in [-0.2, 0) is 10.0 Å². The van der Waals surface area contributed by atoms with E-state index in [1.54, 1.807) is 35.1 Å². The summed E-state index contributed by atoms with van der Waals surface area (Å²) in [4.78, 5) is 15.0. The van der Waals surface area contributed by atoms with E-state index < -0.39 is 38.8 Å². The number of amides is 1. The number of benzene rings is 2. The molecule has 0 aliphatic rings. The van der Waals surface area contributed by atoms with Crippen LogP contribution in [0.2, 0.25) is 0 Å². The van der Waals surface area contributed by atoms with Crippen molar-refractivity contribution in [2.75, 3.05) is 0 Å². The second-order valence-corrected chi connectivity index (χ2v) is 6.87. The first-order valence-electron chi connectivity index (χ1n) is 7.47. The number of sulfonamides is 1. The Balaban J connectivity index is 0.00000300.